The van der Waals surface area contributed by atoms with Crippen molar-refractivity contribution >= 4 is 10.0 Å². The summed E-state index contributed by atoms with van der Waals surface area (Å²) in [5.74, 6) is 0.287. The van der Waals surface area contributed by atoms with E-state index >= 15 is 0 Å². The normalized spacial score (nSPS) is 14.1. The van der Waals surface area contributed by atoms with Crippen molar-refractivity contribution in [2.75, 3.05) is 13.6 Å². The Balaban J connectivity index is 3.09. The Morgan fingerprint density at radius 1 is 1.50 bits per heavy atom. The molecule has 1 atom stereocenters. The lowest BCUT2D eigenvalue weighted by molar-refractivity contribution is 0.273. The fourth-order valence-corrected chi connectivity index (χ4v) is 3.34. The maximum Gasteiger partial charge on any atom is 0.246 e. The van der Waals surface area contributed by atoms with Crippen molar-refractivity contribution in [2.45, 2.75) is 38.7 Å². The van der Waals surface area contributed by atoms with E-state index in [-0.39, 0.29) is 16.5 Å². The standard InChI is InChI=1S/C11H21N3O3S/c1-5-8(2)6-14(4)18(16,17)11-9(3)12-13-10(11)7-15/h8,15H,5-7H2,1-4H3,(H,12,13). The van der Waals surface area contributed by atoms with Gasteiger partial charge in [0, 0.05) is 13.6 Å². The first kappa shape index (κ1) is 15.1. The fourth-order valence-electron chi connectivity index (χ4n) is 1.74. The van der Waals surface area contributed by atoms with Crippen molar-refractivity contribution in [3.05, 3.63) is 11.4 Å². The summed E-state index contributed by atoms with van der Waals surface area (Å²) in [5, 5.41) is 15.5. The van der Waals surface area contributed by atoms with Crippen LogP contribution in [0.15, 0.2) is 4.90 Å². The summed E-state index contributed by atoms with van der Waals surface area (Å²) in [7, 11) is -2.04. The predicted molar refractivity (Wildman–Crippen MR) is 68.5 cm³/mol. The van der Waals surface area contributed by atoms with E-state index in [1.807, 2.05) is 13.8 Å². The first-order chi connectivity index (χ1) is 8.34. The number of hydrogen-bond donors (Lipinski definition) is 2. The highest BCUT2D eigenvalue weighted by Crippen LogP contribution is 2.22. The highest BCUT2D eigenvalue weighted by Gasteiger charge is 2.28. The molecule has 0 aliphatic heterocycles. The van der Waals surface area contributed by atoms with Gasteiger partial charge in [0.15, 0.2) is 0 Å². The third kappa shape index (κ3) is 2.90. The number of hydrogen-bond acceptors (Lipinski definition) is 4. The van der Waals surface area contributed by atoms with Crippen LogP contribution in [0, 0.1) is 12.8 Å². The van der Waals surface area contributed by atoms with Crippen LogP contribution in [0.1, 0.15) is 31.7 Å². The Morgan fingerprint density at radius 2 is 2.11 bits per heavy atom. The highest BCUT2D eigenvalue weighted by molar-refractivity contribution is 7.89. The number of aromatic amines is 1. The molecule has 0 aliphatic carbocycles. The number of aryl methyl sites for hydroxylation is 1. The van der Waals surface area contributed by atoms with Crippen LogP contribution in [0.4, 0.5) is 0 Å². The van der Waals surface area contributed by atoms with E-state index < -0.39 is 16.6 Å². The maximum atomic E-state index is 12.4. The topological polar surface area (TPSA) is 86.3 Å². The summed E-state index contributed by atoms with van der Waals surface area (Å²) in [6.45, 7) is 5.72. The smallest absolute Gasteiger partial charge is 0.246 e. The molecule has 0 aromatic carbocycles. The Hall–Kier alpha value is -0.920. The van der Waals surface area contributed by atoms with Gasteiger partial charge in [0.05, 0.1) is 12.3 Å². The molecule has 0 aliphatic rings. The first-order valence-electron chi connectivity index (χ1n) is 5.95. The molecule has 7 heteroatoms. The van der Waals surface area contributed by atoms with Gasteiger partial charge < -0.3 is 5.11 Å². The van der Waals surface area contributed by atoms with Gasteiger partial charge >= 0.3 is 0 Å². The van der Waals surface area contributed by atoms with Crippen LogP contribution in [0.3, 0.4) is 0 Å². The second-order valence-corrected chi connectivity index (χ2v) is 6.56. The molecule has 1 aromatic heterocycles. The van der Waals surface area contributed by atoms with Gasteiger partial charge in [-0.1, -0.05) is 20.3 Å². The minimum atomic E-state index is -3.59. The number of sulfonamides is 1. The minimum Gasteiger partial charge on any atom is -0.390 e. The minimum absolute atomic E-state index is 0.0933. The van der Waals surface area contributed by atoms with Gasteiger partial charge in [-0.2, -0.15) is 5.10 Å². The monoisotopic (exact) mass is 275 g/mol. The highest BCUT2D eigenvalue weighted by atomic mass is 32.2. The lowest BCUT2D eigenvalue weighted by Gasteiger charge is -2.20. The molecule has 1 heterocycles. The van der Waals surface area contributed by atoms with Crippen molar-refractivity contribution in [3.63, 3.8) is 0 Å². The van der Waals surface area contributed by atoms with Crippen LogP contribution in [0.5, 0.6) is 0 Å². The average Bonchev–Trinajstić information content (AvgIpc) is 2.70. The van der Waals surface area contributed by atoms with Crippen molar-refractivity contribution in [1.82, 2.24) is 14.5 Å². The van der Waals surface area contributed by atoms with Gasteiger partial charge in [0.25, 0.3) is 0 Å². The summed E-state index contributed by atoms with van der Waals surface area (Å²) < 4.78 is 26.1. The average molecular weight is 275 g/mol. The second kappa shape index (κ2) is 5.81. The molecule has 6 nitrogen and oxygen atoms in total. The van der Waals surface area contributed by atoms with Crippen LogP contribution in [0.2, 0.25) is 0 Å². The molecule has 0 fully saturated rings. The van der Waals surface area contributed by atoms with E-state index in [1.54, 1.807) is 14.0 Å². The van der Waals surface area contributed by atoms with Gasteiger partial charge in [0.1, 0.15) is 10.6 Å². The zero-order valence-electron chi connectivity index (χ0n) is 11.3. The van der Waals surface area contributed by atoms with E-state index in [0.717, 1.165) is 6.42 Å². The van der Waals surface area contributed by atoms with Gasteiger partial charge in [-0.15, -0.1) is 0 Å². The van der Waals surface area contributed by atoms with Gasteiger partial charge in [0.2, 0.25) is 10.0 Å². The van der Waals surface area contributed by atoms with E-state index in [9.17, 15) is 8.42 Å². The van der Waals surface area contributed by atoms with Crippen LogP contribution in [-0.4, -0.2) is 41.6 Å². The summed E-state index contributed by atoms with van der Waals surface area (Å²) in [4.78, 5) is 0.0933. The van der Waals surface area contributed by atoms with Crippen LogP contribution >= 0.6 is 0 Å². The molecule has 0 amide bonds. The summed E-state index contributed by atoms with van der Waals surface area (Å²) in [6.07, 6.45) is 0.914. The summed E-state index contributed by atoms with van der Waals surface area (Å²) in [5.41, 5.74) is 0.624. The number of aliphatic hydroxyl groups is 1. The van der Waals surface area contributed by atoms with Gasteiger partial charge in [-0.05, 0) is 12.8 Å². The summed E-state index contributed by atoms with van der Waals surface area (Å²) in [6, 6.07) is 0. The molecule has 104 valence electrons. The van der Waals surface area contributed by atoms with E-state index in [4.69, 9.17) is 5.11 Å². The number of rotatable bonds is 6. The molecular weight excluding hydrogens is 254 g/mol. The second-order valence-electron chi connectivity index (χ2n) is 4.58. The molecule has 0 radical (unpaired) electrons. The number of aromatic nitrogens is 2. The number of aliphatic hydroxyl groups excluding tert-OH is 1. The van der Waals surface area contributed by atoms with Crippen molar-refractivity contribution in [3.8, 4) is 0 Å². The third-order valence-electron chi connectivity index (χ3n) is 3.05. The van der Waals surface area contributed by atoms with E-state index in [0.29, 0.717) is 12.2 Å². The van der Waals surface area contributed by atoms with Gasteiger partial charge in [-0.3, -0.25) is 5.10 Å². The number of H-pyrrole nitrogens is 1. The van der Waals surface area contributed by atoms with Crippen LogP contribution in [-0.2, 0) is 16.6 Å². The van der Waals surface area contributed by atoms with E-state index in [2.05, 4.69) is 10.2 Å². The Labute approximate surface area is 108 Å². The van der Waals surface area contributed by atoms with Crippen molar-refractivity contribution in [2.24, 2.45) is 5.92 Å². The quantitative estimate of drug-likeness (QED) is 0.807. The molecule has 18 heavy (non-hydrogen) atoms. The van der Waals surface area contributed by atoms with Crippen LogP contribution < -0.4 is 0 Å². The van der Waals surface area contributed by atoms with E-state index in [1.165, 1.54) is 4.31 Å². The number of nitrogens with one attached hydrogen (secondary N) is 1. The molecular formula is C11H21N3O3S. The van der Waals surface area contributed by atoms with Gasteiger partial charge in [-0.25, -0.2) is 12.7 Å². The van der Waals surface area contributed by atoms with Crippen molar-refractivity contribution in [1.29, 1.82) is 0 Å². The molecule has 1 rings (SSSR count). The lowest BCUT2D eigenvalue weighted by atomic mass is 10.1. The summed E-state index contributed by atoms with van der Waals surface area (Å²) >= 11 is 0. The number of nitrogens with zero attached hydrogens (tertiary/aromatic N) is 2. The maximum absolute atomic E-state index is 12.4. The SMILES string of the molecule is CCC(C)CN(C)S(=O)(=O)c1c(CO)n[nH]c1C. The molecule has 0 bridgehead atoms. The molecule has 2 N–H and O–H groups in total. The third-order valence-corrected chi connectivity index (χ3v) is 5.07. The Kier molecular flexibility index (Phi) is 4.89. The predicted octanol–water partition coefficient (Wildman–Crippen LogP) is 0.877. The Bertz CT molecular complexity index is 496. The molecule has 0 saturated heterocycles. The van der Waals surface area contributed by atoms with Crippen molar-refractivity contribution < 1.29 is 13.5 Å². The molecule has 0 saturated carbocycles. The fraction of sp³-hybridized carbons (Fsp3) is 0.727. The molecule has 0 spiro atoms. The zero-order chi connectivity index (χ0) is 13.9. The van der Waals surface area contributed by atoms with Crippen LogP contribution in [0.25, 0.3) is 0 Å². The largest absolute Gasteiger partial charge is 0.390 e. The molecule has 1 aromatic rings. The lowest BCUT2D eigenvalue weighted by Crippen LogP contribution is -2.31. The zero-order valence-corrected chi connectivity index (χ0v) is 12.1. The first-order valence-corrected chi connectivity index (χ1v) is 7.39. The molecule has 1 unspecified atom stereocenters. The Morgan fingerprint density at radius 3 is 2.61 bits per heavy atom.